The summed E-state index contributed by atoms with van der Waals surface area (Å²) in [5, 5.41) is 2.11. The van der Waals surface area contributed by atoms with Crippen LogP contribution in [0.1, 0.15) is 18.5 Å². The number of thiazole rings is 1. The highest BCUT2D eigenvalue weighted by Crippen LogP contribution is 2.38. The van der Waals surface area contributed by atoms with Crippen LogP contribution >= 0.6 is 11.3 Å². The van der Waals surface area contributed by atoms with E-state index in [1.54, 1.807) is 11.3 Å². The summed E-state index contributed by atoms with van der Waals surface area (Å²) in [6, 6.07) is 0. The molecule has 0 bridgehead atoms. The first kappa shape index (κ1) is 4.50. The van der Waals surface area contributed by atoms with Gasteiger partial charge in [-0.15, -0.1) is 11.3 Å². The molecule has 2 rings (SSSR count). The van der Waals surface area contributed by atoms with Crippen molar-refractivity contribution in [3.05, 3.63) is 22.5 Å². The average molecular weight is 124 g/mol. The normalized spacial score (nSPS) is 19.0. The standard InChI is InChI=1S/C6H6NS/c1-2-5(1)6-3-8-4-7-6/h3-4H,1-2H2. The summed E-state index contributed by atoms with van der Waals surface area (Å²) in [5.74, 6) is 1.53. The smallest absolute Gasteiger partial charge is 0.0794 e. The molecule has 0 aliphatic heterocycles. The van der Waals surface area contributed by atoms with Gasteiger partial charge in [-0.25, -0.2) is 4.98 Å². The van der Waals surface area contributed by atoms with Crippen molar-refractivity contribution in [2.75, 3.05) is 0 Å². The van der Waals surface area contributed by atoms with Gasteiger partial charge in [-0.05, 0) is 12.8 Å². The second kappa shape index (κ2) is 1.55. The summed E-state index contributed by atoms with van der Waals surface area (Å²) >= 11 is 1.68. The molecular weight excluding hydrogens is 118 g/mol. The quantitative estimate of drug-likeness (QED) is 0.557. The van der Waals surface area contributed by atoms with E-state index in [9.17, 15) is 0 Å². The molecule has 1 fully saturated rings. The van der Waals surface area contributed by atoms with Crippen molar-refractivity contribution in [2.24, 2.45) is 0 Å². The summed E-state index contributed by atoms with van der Waals surface area (Å²) in [7, 11) is 0. The van der Waals surface area contributed by atoms with Gasteiger partial charge in [0, 0.05) is 11.3 Å². The molecule has 41 valence electrons. The Bertz CT molecular complexity index is 165. The van der Waals surface area contributed by atoms with Crippen molar-refractivity contribution in [1.82, 2.24) is 4.98 Å². The predicted molar refractivity (Wildman–Crippen MR) is 33.7 cm³/mol. The monoisotopic (exact) mass is 124 g/mol. The molecule has 0 amide bonds. The van der Waals surface area contributed by atoms with Crippen LogP contribution in [0.4, 0.5) is 0 Å². The zero-order chi connectivity index (χ0) is 5.40. The Morgan fingerprint density at radius 1 is 1.50 bits per heavy atom. The lowest BCUT2D eigenvalue weighted by Gasteiger charge is -1.80. The van der Waals surface area contributed by atoms with Gasteiger partial charge in [-0.3, -0.25) is 0 Å². The zero-order valence-electron chi connectivity index (χ0n) is 4.42. The third-order valence-electron chi connectivity index (χ3n) is 1.29. The van der Waals surface area contributed by atoms with Crippen LogP contribution in [0.2, 0.25) is 0 Å². The summed E-state index contributed by atoms with van der Waals surface area (Å²) < 4.78 is 0. The fourth-order valence-electron chi connectivity index (χ4n) is 0.706. The molecule has 1 saturated carbocycles. The van der Waals surface area contributed by atoms with E-state index in [0.29, 0.717) is 0 Å². The molecule has 1 heterocycles. The van der Waals surface area contributed by atoms with Crippen molar-refractivity contribution < 1.29 is 0 Å². The third kappa shape index (κ3) is 0.650. The number of hydrogen-bond donors (Lipinski definition) is 0. The molecule has 0 atom stereocenters. The molecule has 1 aliphatic rings. The molecule has 2 heteroatoms. The maximum Gasteiger partial charge on any atom is 0.0794 e. The molecule has 0 N–H and O–H groups in total. The van der Waals surface area contributed by atoms with Crippen LogP contribution in [0.3, 0.4) is 0 Å². The molecule has 0 spiro atoms. The van der Waals surface area contributed by atoms with E-state index in [-0.39, 0.29) is 0 Å². The molecule has 0 unspecified atom stereocenters. The highest BCUT2D eigenvalue weighted by molar-refractivity contribution is 7.07. The van der Waals surface area contributed by atoms with E-state index in [1.807, 2.05) is 5.51 Å². The Labute approximate surface area is 52.4 Å². The number of aromatic nitrogens is 1. The molecular formula is C6H6NS. The zero-order valence-corrected chi connectivity index (χ0v) is 5.24. The van der Waals surface area contributed by atoms with Crippen LogP contribution in [-0.2, 0) is 0 Å². The van der Waals surface area contributed by atoms with Gasteiger partial charge >= 0.3 is 0 Å². The second-order valence-electron chi connectivity index (χ2n) is 1.98. The van der Waals surface area contributed by atoms with Crippen LogP contribution in [0.15, 0.2) is 10.9 Å². The van der Waals surface area contributed by atoms with Crippen molar-refractivity contribution >= 4 is 11.3 Å². The molecule has 1 radical (unpaired) electrons. The molecule has 0 saturated heterocycles. The topological polar surface area (TPSA) is 12.9 Å². The van der Waals surface area contributed by atoms with E-state index < -0.39 is 0 Å². The Kier molecular flexibility index (Phi) is 0.875. The molecule has 1 aromatic heterocycles. The summed E-state index contributed by atoms with van der Waals surface area (Å²) in [6.45, 7) is 0. The number of hydrogen-bond acceptors (Lipinski definition) is 2. The van der Waals surface area contributed by atoms with Crippen molar-refractivity contribution in [2.45, 2.75) is 12.8 Å². The van der Waals surface area contributed by atoms with Gasteiger partial charge in [0.1, 0.15) is 0 Å². The maximum atomic E-state index is 4.16. The summed E-state index contributed by atoms with van der Waals surface area (Å²) in [5.41, 5.74) is 3.12. The van der Waals surface area contributed by atoms with Crippen LogP contribution < -0.4 is 0 Å². The van der Waals surface area contributed by atoms with Crippen molar-refractivity contribution in [1.29, 1.82) is 0 Å². The lowest BCUT2D eigenvalue weighted by Crippen LogP contribution is -1.74. The van der Waals surface area contributed by atoms with E-state index in [2.05, 4.69) is 10.4 Å². The lowest BCUT2D eigenvalue weighted by atomic mass is 10.3. The Balaban J connectivity index is 2.28. The molecule has 0 aromatic carbocycles. The van der Waals surface area contributed by atoms with Gasteiger partial charge in [-0.1, -0.05) is 0 Å². The fourth-order valence-corrected chi connectivity index (χ4v) is 1.30. The van der Waals surface area contributed by atoms with Gasteiger partial charge in [0.25, 0.3) is 0 Å². The average Bonchev–Trinajstić information content (AvgIpc) is 2.49. The summed E-state index contributed by atoms with van der Waals surface area (Å²) in [4.78, 5) is 4.16. The number of nitrogens with zero attached hydrogens (tertiary/aromatic N) is 1. The first-order chi connectivity index (χ1) is 3.97. The predicted octanol–water partition coefficient (Wildman–Crippen LogP) is 1.86. The largest absolute Gasteiger partial charge is 0.249 e. The highest BCUT2D eigenvalue weighted by Gasteiger charge is 2.25. The maximum absolute atomic E-state index is 4.16. The number of rotatable bonds is 1. The molecule has 1 nitrogen and oxygen atoms in total. The minimum atomic E-state index is 1.23. The lowest BCUT2D eigenvalue weighted by molar-refractivity contribution is 1.25. The summed E-state index contributed by atoms with van der Waals surface area (Å²) in [6.07, 6.45) is 2.56. The van der Waals surface area contributed by atoms with Crippen molar-refractivity contribution in [3.8, 4) is 0 Å². The van der Waals surface area contributed by atoms with Crippen LogP contribution in [0, 0.1) is 5.92 Å². The fraction of sp³-hybridized carbons (Fsp3) is 0.333. The van der Waals surface area contributed by atoms with Gasteiger partial charge in [0.15, 0.2) is 0 Å². The highest BCUT2D eigenvalue weighted by atomic mass is 32.1. The minimum Gasteiger partial charge on any atom is -0.249 e. The van der Waals surface area contributed by atoms with E-state index in [4.69, 9.17) is 0 Å². The Morgan fingerprint density at radius 3 is 2.88 bits per heavy atom. The van der Waals surface area contributed by atoms with Gasteiger partial charge in [0.2, 0.25) is 0 Å². The van der Waals surface area contributed by atoms with Gasteiger partial charge in [0.05, 0.1) is 11.2 Å². The first-order valence-electron chi connectivity index (χ1n) is 2.70. The van der Waals surface area contributed by atoms with Crippen molar-refractivity contribution in [3.63, 3.8) is 0 Å². The molecule has 1 aliphatic carbocycles. The minimum absolute atomic E-state index is 1.23. The van der Waals surface area contributed by atoms with Gasteiger partial charge in [-0.2, -0.15) is 0 Å². The van der Waals surface area contributed by atoms with Crippen LogP contribution in [0.5, 0.6) is 0 Å². The SMILES string of the molecule is c1nc([C]2CC2)cs1. The second-order valence-corrected chi connectivity index (χ2v) is 2.70. The first-order valence-corrected chi connectivity index (χ1v) is 3.64. The van der Waals surface area contributed by atoms with Gasteiger partial charge < -0.3 is 0 Å². The third-order valence-corrected chi connectivity index (χ3v) is 1.88. The Morgan fingerprint density at radius 2 is 2.38 bits per heavy atom. The van der Waals surface area contributed by atoms with Crippen LogP contribution in [0.25, 0.3) is 0 Å². The molecule has 1 aromatic rings. The van der Waals surface area contributed by atoms with Crippen LogP contribution in [-0.4, -0.2) is 4.98 Å². The molecule has 8 heavy (non-hydrogen) atoms. The van der Waals surface area contributed by atoms with E-state index in [1.165, 1.54) is 24.5 Å². The Hall–Kier alpha value is -0.370. The van der Waals surface area contributed by atoms with E-state index in [0.717, 1.165) is 0 Å². The van der Waals surface area contributed by atoms with E-state index >= 15 is 0 Å².